The van der Waals surface area contributed by atoms with Gasteiger partial charge in [-0.15, -0.1) is 0 Å². The van der Waals surface area contributed by atoms with Gasteiger partial charge in [-0.1, -0.05) is 37.6 Å². The quantitative estimate of drug-likeness (QED) is 0.821. The molecule has 0 bridgehead atoms. The molecule has 2 nitrogen and oxygen atoms in total. The average Bonchev–Trinajstić information content (AvgIpc) is 2.15. The van der Waals surface area contributed by atoms with Gasteiger partial charge in [0.1, 0.15) is 0 Å². The van der Waals surface area contributed by atoms with Crippen molar-refractivity contribution in [2.24, 2.45) is 11.7 Å². The Bertz CT molecular complexity index is 338. The van der Waals surface area contributed by atoms with E-state index < -0.39 is 0 Å². The lowest BCUT2D eigenvalue weighted by Gasteiger charge is -2.17. The Morgan fingerprint density at radius 1 is 1.43 bits per heavy atom. The van der Waals surface area contributed by atoms with Crippen LogP contribution in [0.15, 0.2) is 24.3 Å². The first-order valence-corrected chi connectivity index (χ1v) is 4.95. The summed E-state index contributed by atoms with van der Waals surface area (Å²) in [7, 11) is 0. The third kappa shape index (κ3) is 2.48. The number of nitrogens with two attached hydrogens (primary N) is 1. The predicted octanol–water partition coefficient (Wildman–Crippen LogP) is 2.56. The minimum atomic E-state index is -0.280. The lowest BCUT2D eigenvalue weighted by Crippen LogP contribution is -2.24. The molecule has 76 valence electrons. The number of halogens is 1. The lowest BCUT2D eigenvalue weighted by atomic mass is 9.88. The van der Waals surface area contributed by atoms with Crippen LogP contribution >= 0.6 is 11.6 Å². The maximum Gasteiger partial charge on any atom is 0.220 e. The van der Waals surface area contributed by atoms with Crippen LogP contribution in [0.4, 0.5) is 0 Å². The summed E-state index contributed by atoms with van der Waals surface area (Å²) in [6.45, 7) is 3.80. The number of hydrogen-bond acceptors (Lipinski definition) is 1. The molecule has 0 saturated carbocycles. The highest BCUT2D eigenvalue weighted by Crippen LogP contribution is 2.25. The second-order valence-corrected chi connectivity index (χ2v) is 3.97. The molecule has 2 unspecified atom stereocenters. The van der Waals surface area contributed by atoms with E-state index in [0.717, 1.165) is 5.56 Å². The van der Waals surface area contributed by atoms with E-state index in [1.54, 1.807) is 0 Å². The molecule has 0 aliphatic carbocycles. The van der Waals surface area contributed by atoms with Crippen LogP contribution in [0.5, 0.6) is 0 Å². The Hall–Kier alpha value is -1.02. The molecule has 3 heteroatoms. The largest absolute Gasteiger partial charge is 0.369 e. The van der Waals surface area contributed by atoms with Crippen molar-refractivity contribution in [2.45, 2.75) is 19.8 Å². The Kier molecular flexibility index (Phi) is 3.53. The molecule has 0 aromatic heterocycles. The van der Waals surface area contributed by atoms with Crippen molar-refractivity contribution in [1.82, 2.24) is 0 Å². The second kappa shape index (κ2) is 4.47. The van der Waals surface area contributed by atoms with Gasteiger partial charge in [0.05, 0.1) is 0 Å². The third-order valence-corrected chi connectivity index (χ3v) is 2.81. The zero-order valence-corrected chi connectivity index (χ0v) is 9.08. The van der Waals surface area contributed by atoms with Crippen molar-refractivity contribution < 1.29 is 4.79 Å². The molecule has 14 heavy (non-hydrogen) atoms. The summed E-state index contributed by atoms with van der Waals surface area (Å²) in [6.07, 6.45) is 0. The average molecular weight is 212 g/mol. The van der Waals surface area contributed by atoms with Gasteiger partial charge in [-0.2, -0.15) is 0 Å². The van der Waals surface area contributed by atoms with Crippen molar-refractivity contribution in [1.29, 1.82) is 0 Å². The van der Waals surface area contributed by atoms with Gasteiger partial charge in [0.2, 0.25) is 5.91 Å². The number of benzene rings is 1. The summed E-state index contributed by atoms with van der Waals surface area (Å²) in [5.74, 6) is -0.350. The summed E-state index contributed by atoms with van der Waals surface area (Å²) >= 11 is 5.86. The fourth-order valence-electron chi connectivity index (χ4n) is 1.32. The Morgan fingerprint density at radius 2 is 2.07 bits per heavy atom. The first-order valence-electron chi connectivity index (χ1n) is 4.57. The highest BCUT2D eigenvalue weighted by Gasteiger charge is 2.18. The molecule has 0 aliphatic rings. The summed E-state index contributed by atoms with van der Waals surface area (Å²) in [4.78, 5) is 11.0. The minimum absolute atomic E-state index is 0.103. The van der Waals surface area contributed by atoms with Crippen LogP contribution in [-0.4, -0.2) is 5.91 Å². The highest BCUT2D eigenvalue weighted by molar-refractivity contribution is 6.30. The maximum absolute atomic E-state index is 11.0. The fourth-order valence-corrected chi connectivity index (χ4v) is 1.52. The first-order chi connectivity index (χ1) is 6.52. The van der Waals surface area contributed by atoms with E-state index in [2.05, 4.69) is 0 Å². The second-order valence-electron chi connectivity index (χ2n) is 3.53. The molecule has 1 amide bonds. The van der Waals surface area contributed by atoms with Gasteiger partial charge in [0.15, 0.2) is 0 Å². The van der Waals surface area contributed by atoms with E-state index in [1.807, 2.05) is 38.1 Å². The molecular weight excluding hydrogens is 198 g/mol. The minimum Gasteiger partial charge on any atom is -0.369 e. The van der Waals surface area contributed by atoms with Crippen molar-refractivity contribution >= 4 is 17.5 Å². The molecule has 1 aromatic rings. The van der Waals surface area contributed by atoms with Gasteiger partial charge in [-0.05, 0) is 23.6 Å². The Labute approximate surface area is 89.1 Å². The van der Waals surface area contributed by atoms with Crippen molar-refractivity contribution in [3.8, 4) is 0 Å². The van der Waals surface area contributed by atoms with E-state index in [0.29, 0.717) is 5.02 Å². The SMILES string of the molecule is CC(C(N)=O)C(C)c1cccc(Cl)c1. The van der Waals surface area contributed by atoms with Crippen molar-refractivity contribution in [2.75, 3.05) is 0 Å². The Balaban J connectivity index is 2.89. The van der Waals surface area contributed by atoms with Gasteiger partial charge in [-0.25, -0.2) is 0 Å². The molecule has 0 spiro atoms. The zero-order valence-electron chi connectivity index (χ0n) is 8.33. The van der Waals surface area contributed by atoms with E-state index in [1.165, 1.54) is 0 Å². The number of rotatable bonds is 3. The summed E-state index contributed by atoms with van der Waals surface area (Å²) in [5.41, 5.74) is 6.29. The predicted molar refractivity (Wildman–Crippen MR) is 58.2 cm³/mol. The van der Waals surface area contributed by atoms with E-state index >= 15 is 0 Å². The molecule has 0 heterocycles. The monoisotopic (exact) mass is 211 g/mol. The number of hydrogen-bond donors (Lipinski definition) is 1. The molecule has 2 N–H and O–H groups in total. The standard InChI is InChI=1S/C11H14ClNO/c1-7(8(2)11(13)14)9-4-3-5-10(12)6-9/h3-8H,1-2H3,(H2,13,14). The van der Waals surface area contributed by atoms with Crippen LogP contribution in [0, 0.1) is 5.92 Å². The number of carbonyl (C=O) groups excluding carboxylic acids is 1. The molecule has 0 saturated heterocycles. The molecule has 0 fully saturated rings. The smallest absolute Gasteiger partial charge is 0.220 e. The van der Waals surface area contributed by atoms with Crippen LogP contribution in [0.1, 0.15) is 25.3 Å². The first kappa shape index (κ1) is 11.1. The van der Waals surface area contributed by atoms with Gasteiger partial charge < -0.3 is 5.73 Å². The molecular formula is C11H14ClNO. The van der Waals surface area contributed by atoms with Crippen molar-refractivity contribution in [3.63, 3.8) is 0 Å². The Morgan fingerprint density at radius 3 is 2.57 bits per heavy atom. The van der Waals surface area contributed by atoms with Gasteiger partial charge in [-0.3, -0.25) is 4.79 Å². The van der Waals surface area contributed by atoms with Gasteiger partial charge in [0.25, 0.3) is 0 Å². The van der Waals surface area contributed by atoms with Gasteiger partial charge in [0, 0.05) is 10.9 Å². The van der Waals surface area contributed by atoms with Gasteiger partial charge >= 0.3 is 0 Å². The lowest BCUT2D eigenvalue weighted by molar-refractivity contribution is -0.121. The van der Waals surface area contributed by atoms with Crippen LogP contribution < -0.4 is 5.73 Å². The number of amides is 1. The molecule has 1 rings (SSSR count). The van der Waals surface area contributed by atoms with Crippen molar-refractivity contribution in [3.05, 3.63) is 34.9 Å². The maximum atomic E-state index is 11.0. The van der Waals surface area contributed by atoms with E-state index in [4.69, 9.17) is 17.3 Å². The van der Waals surface area contributed by atoms with Crippen LogP contribution in [0.2, 0.25) is 5.02 Å². The van der Waals surface area contributed by atoms with E-state index in [9.17, 15) is 4.79 Å². The topological polar surface area (TPSA) is 43.1 Å². The third-order valence-electron chi connectivity index (χ3n) is 2.57. The van der Waals surface area contributed by atoms with Crippen LogP contribution in [0.25, 0.3) is 0 Å². The summed E-state index contributed by atoms with van der Waals surface area (Å²) < 4.78 is 0. The molecule has 1 aromatic carbocycles. The molecule has 2 atom stereocenters. The zero-order chi connectivity index (χ0) is 10.7. The molecule has 0 radical (unpaired) electrons. The summed E-state index contributed by atoms with van der Waals surface area (Å²) in [6, 6.07) is 7.51. The normalized spacial score (nSPS) is 14.8. The number of carbonyl (C=O) groups is 1. The number of primary amides is 1. The summed E-state index contributed by atoms with van der Waals surface area (Å²) in [5, 5.41) is 0.686. The highest BCUT2D eigenvalue weighted by atomic mass is 35.5. The van der Waals surface area contributed by atoms with Crippen LogP contribution in [0.3, 0.4) is 0 Å². The fraction of sp³-hybridized carbons (Fsp3) is 0.364. The van der Waals surface area contributed by atoms with Crippen LogP contribution in [-0.2, 0) is 4.79 Å². The molecule has 0 aliphatic heterocycles. The van der Waals surface area contributed by atoms with E-state index in [-0.39, 0.29) is 17.7 Å².